The van der Waals surface area contributed by atoms with E-state index in [4.69, 9.17) is 11.6 Å². The summed E-state index contributed by atoms with van der Waals surface area (Å²) in [6.07, 6.45) is 1.48. The number of piperidine rings is 1. The first kappa shape index (κ1) is 20.0. The highest BCUT2D eigenvalue weighted by atomic mass is 35.5. The average Bonchev–Trinajstić information content (AvgIpc) is 3.22. The van der Waals surface area contributed by atoms with Crippen LogP contribution >= 0.6 is 11.6 Å². The molecule has 0 radical (unpaired) electrons. The number of benzene rings is 1. The Balaban J connectivity index is 1.47. The van der Waals surface area contributed by atoms with Gasteiger partial charge in [-0.1, -0.05) is 17.7 Å². The summed E-state index contributed by atoms with van der Waals surface area (Å²) in [6.45, 7) is 6.58. The molecule has 8 heteroatoms. The molecular formula is C21H27ClN4O3. The molecule has 3 aliphatic rings. The van der Waals surface area contributed by atoms with E-state index in [1.54, 1.807) is 34.9 Å². The fourth-order valence-electron chi connectivity index (χ4n) is 5.45. The Labute approximate surface area is 176 Å². The van der Waals surface area contributed by atoms with Crippen LogP contribution in [0.15, 0.2) is 24.3 Å². The summed E-state index contributed by atoms with van der Waals surface area (Å²) >= 11 is 6.00. The third kappa shape index (κ3) is 3.35. The lowest BCUT2D eigenvalue weighted by molar-refractivity contribution is -0.136. The van der Waals surface area contributed by atoms with Crippen LogP contribution in [0.3, 0.4) is 0 Å². The van der Waals surface area contributed by atoms with Crippen LogP contribution in [0.2, 0.25) is 5.02 Å². The Hall–Kier alpha value is -2.28. The zero-order chi connectivity index (χ0) is 20.8. The van der Waals surface area contributed by atoms with Crippen LogP contribution in [0.25, 0.3) is 0 Å². The smallest absolute Gasteiger partial charge is 0.321 e. The van der Waals surface area contributed by atoms with Gasteiger partial charge in [0.1, 0.15) is 0 Å². The Morgan fingerprint density at radius 3 is 2.55 bits per heavy atom. The molecule has 4 rings (SSSR count). The number of amides is 4. The molecule has 1 N–H and O–H groups in total. The Bertz CT molecular complexity index is 837. The summed E-state index contributed by atoms with van der Waals surface area (Å²) in [5, 5.41) is 3.48. The van der Waals surface area contributed by atoms with Crippen molar-refractivity contribution in [3.05, 3.63) is 29.3 Å². The van der Waals surface area contributed by atoms with Crippen LogP contribution in [0.5, 0.6) is 0 Å². The van der Waals surface area contributed by atoms with Crippen LogP contribution < -0.4 is 5.32 Å². The fraction of sp³-hybridized carbons (Fsp3) is 0.571. The van der Waals surface area contributed by atoms with Crippen molar-refractivity contribution in [3.8, 4) is 0 Å². The number of nitrogens with zero attached hydrogens (tertiary/aromatic N) is 3. The molecule has 3 saturated heterocycles. The Morgan fingerprint density at radius 2 is 1.93 bits per heavy atom. The summed E-state index contributed by atoms with van der Waals surface area (Å²) in [4.78, 5) is 43.2. The highest BCUT2D eigenvalue weighted by molar-refractivity contribution is 6.30. The van der Waals surface area contributed by atoms with Gasteiger partial charge in [0, 0.05) is 56.3 Å². The molecule has 7 nitrogen and oxygen atoms in total. The maximum Gasteiger partial charge on any atom is 0.321 e. The molecule has 3 fully saturated rings. The van der Waals surface area contributed by atoms with Gasteiger partial charge in [0.05, 0.1) is 11.5 Å². The lowest BCUT2D eigenvalue weighted by Crippen LogP contribution is -2.58. The van der Waals surface area contributed by atoms with Crippen molar-refractivity contribution in [2.45, 2.75) is 32.2 Å². The maximum absolute atomic E-state index is 13.0. The van der Waals surface area contributed by atoms with E-state index >= 15 is 0 Å². The monoisotopic (exact) mass is 418 g/mol. The zero-order valence-electron chi connectivity index (χ0n) is 16.9. The van der Waals surface area contributed by atoms with E-state index in [-0.39, 0.29) is 35.2 Å². The molecule has 1 aromatic carbocycles. The van der Waals surface area contributed by atoms with Crippen molar-refractivity contribution >= 4 is 35.1 Å². The minimum atomic E-state index is -0.256. The van der Waals surface area contributed by atoms with Crippen molar-refractivity contribution in [3.63, 3.8) is 0 Å². The molecule has 3 aliphatic heterocycles. The fourth-order valence-corrected chi connectivity index (χ4v) is 5.64. The summed E-state index contributed by atoms with van der Waals surface area (Å²) in [7, 11) is 0. The molecule has 4 amide bonds. The second kappa shape index (κ2) is 7.52. The molecule has 0 saturated carbocycles. The molecule has 0 unspecified atom stereocenters. The van der Waals surface area contributed by atoms with Crippen LogP contribution in [0.1, 0.15) is 26.7 Å². The molecular weight excluding hydrogens is 392 g/mol. The zero-order valence-corrected chi connectivity index (χ0v) is 17.6. The number of halogens is 1. The molecule has 3 heterocycles. The van der Waals surface area contributed by atoms with Gasteiger partial charge in [0.25, 0.3) is 0 Å². The number of anilines is 1. The second-order valence-electron chi connectivity index (χ2n) is 8.25. The second-order valence-corrected chi connectivity index (χ2v) is 8.69. The SMILES string of the molecule is CCN1C(=O)[C@H]2CN(C(C)=O)C[C@H]2C12CCN(C(=O)Nc1cccc(Cl)c1)CC2. The standard InChI is InChI=1S/C21H27ClN4O3/c1-3-26-19(28)17-12-25(14(2)27)13-18(17)21(26)7-9-24(10-8-21)20(29)23-16-6-4-5-15(22)11-16/h4-6,11,17-18H,3,7-10,12-13H2,1-2H3,(H,23,29)/t17-,18+/m0/s1. The van der Waals surface area contributed by atoms with Crippen molar-refractivity contribution in [1.29, 1.82) is 0 Å². The number of carbonyl (C=O) groups is 3. The quantitative estimate of drug-likeness (QED) is 0.802. The summed E-state index contributed by atoms with van der Waals surface area (Å²) in [5.74, 6) is 0.240. The largest absolute Gasteiger partial charge is 0.342 e. The minimum absolute atomic E-state index is 0.0312. The Kier molecular flexibility index (Phi) is 5.19. The first-order valence-electron chi connectivity index (χ1n) is 10.2. The highest BCUT2D eigenvalue weighted by Gasteiger charge is 2.61. The van der Waals surface area contributed by atoms with Gasteiger partial charge in [0.15, 0.2) is 0 Å². The third-order valence-electron chi connectivity index (χ3n) is 6.88. The number of urea groups is 1. The molecule has 29 heavy (non-hydrogen) atoms. The number of nitrogens with one attached hydrogen (secondary N) is 1. The number of fused-ring (bicyclic) bond motifs is 2. The van der Waals surface area contributed by atoms with Gasteiger partial charge in [-0.15, -0.1) is 0 Å². The molecule has 1 spiro atoms. The van der Waals surface area contributed by atoms with Crippen LogP contribution in [-0.2, 0) is 9.59 Å². The summed E-state index contributed by atoms with van der Waals surface area (Å²) in [6, 6.07) is 6.94. The highest BCUT2D eigenvalue weighted by Crippen LogP contribution is 2.49. The van der Waals surface area contributed by atoms with Gasteiger partial charge in [-0.05, 0) is 38.0 Å². The van der Waals surface area contributed by atoms with Crippen molar-refractivity contribution < 1.29 is 14.4 Å². The van der Waals surface area contributed by atoms with E-state index in [1.807, 2.05) is 17.9 Å². The third-order valence-corrected chi connectivity index (χ3v) is 7.12. The first-order chi connectivity index (χ1) is 13.9. The average molecular weight is 419 g/mol. The van der Waals surface area contributed by atoms with Crippen molar-refractivity contribution in [2.75, 3.05) is 38.0 Å². The van der Waals surface area contributed by atoms with E-state index in [2.05, 4.69) is 5.32 Å². The molecule has 2 atom stereocenters. The van der Waals surface area contributed by atoms with Gasteiger partial charge in [0.2, 0.25) is 11.8 Å². The van der Waals surface area contributed by atoms with Gasteiger partial charge >= 0.3 is 6.03 Å². The van der Waals surface area contributed by atoms with Gasteiger partial charge < -0.3 is 20.0 Å². The van der Waals surface area contributed by atoms with E-state index in [0.29, 0.717) is 43.4 Å². The number of likely N-dealkylation sites (tertiary alicyclic amines) is 3. The van der Waals surface area contributed by atoms with Crippen LogP contribution in [-0.4, -0.2) is 70.8 Å². The molecule has 0 aliphatic carbocycles. The normalized spacial score (nSPS) is 25.5. The number of rotatable bonds is 2. The first-order valence-corrected chi connectivity index (χ1v) is 10.6. The minimum Gasteiger partial charge on any atom is -0.342 e. The molecule has 1 aromatic rings. The Morgan fingerprint density at radius 1 is 1.21 bits per heavy atom. The number of hydrogen-bond donors (Lipinski definition) is 1. The predicted octanol–water partition coefficient (Wildman–Crippen LogP) is 2.66. The van der Waals surface area contributed by atoms with Gasteiger partial charge in [-0.25, -0.2) is 4.79 Å². The maximum atomic E-state index is 13.0. The van der Waals surface area contributed by atoms with E-state index in [0.717, 1.165) is 12.8 Å². The number of carbonyl (C=O) groups excluding carboxylic acids is 3. The lowest BCUT2D eigenvalue weighted by atomic mass is 9.75. The van der Waals surface area contributed by atoms with Gasteiger partial charge in [-0.2, -0.15) is 0 Å². The number of hydrogen-bond acceptors (Lipinski definition) is 3. The van der Waals surface area contributed by atoms with E-state index < -0.39 is 0 Å². The van der Waals surface area contributed by atoms with Crippen LogP contribution in [0.4, 0.5) is 10.5 Å². The topological polar surface area (TPSA) is 73.0 Å². The van der Waals surface area contributed by atoms with E-state index in [9.17, 15) is 14.4 Å². The lowest BCUT2D eigenvalue weighted by Gasteiger charge is -2.47. The van der Waals surface area contributed by atoms with Gasteiger partial charge in [-0.3, -0.25) is 9.59 Å². The summed E-state index contributed by atoms with van der Waals surface area (Å²) in [5.41, 5.74) is 0.412. The van der Waals surface area contributed by atoms with Crippen LogP contribution in [0, 0.1) is 11.8 Å². The molecule has 0 bridgehead atoms. The molecule has 0 aromatic heterocycles. The van der Waals surface area contributed by atoms with E-state index in [1.165, 1.54) is 0 Å². The molecule has 156 valence electrons. The predicted molar refractivity (Wildman–Crippen MR) is 111 cm³/mol. The van der Waals surface area contributed by atoms with Crippen molar-refractivity contribution in [2.24, 2.45) is 11.8 Å². The summed E-state index contributed by atoms with van der Waals surface area (Å²) < 4.78 is 0. The van der Waals surface area contributed by atoms with Crippen molar-refractivity contribution in [1.82, 2.24) is 14.7 Å².